The van der Waals surface area contributed by atoms with Gasteiger partial charge in [0, 0.05) is 19.4 Å². The standard InChI is InChI=1S/C43H80NO8P/c1-3-5-7-9-11-13-15-17-19-20-22-24-26-28-30-32-34-36-43(46)52-41(40-51-53(47,48)50-38-37-44)39-49-42(45)35-33-31-29-27-25-23-21-18-16-14-12-10-8-6-4-2/h11,13,17,19,23,25,41H,3-10,12,14-16,18,20-22,24,26-40,44H2,1-2H3,(H,47,48)/b13-11+,19-17+,25-23+/t41-/m1/s1. The Labute approximate surface area is 324 Å². The fourth-order valence-corrected chi connectivity index (χ4v) is 6.54. The third-order valence-electron chi connectivity index (χ3n) is 9.00. The predicted molar refractivity (Wildman–Crippen MR) is 220 cm³/mol. The van der Waals surface area contributed by atoms with Crippen molar-refractivity contribution in [3.63, 3.8) is 0 Å². The number of hydrogen-bond acceptors (Lipinski definition) is 8. The number of hydrogen-bond donors (Lipinski definition) is 2. The number of ether oxygens (including phenoxy) is 2. The summed E-state index contributed by atoms with van der Waals surface area (Å²) >= 11 is 0. The minimum Gasteiger partial charge on any atom is -0.462 e. The van der Waals surface area contributed by atoms with Gasteiger partial charge in [-0.05, 0) is 70.6 Å². The van der Waals surface area contributed by atoms with Crippen molar-refractivity contribution in [1.82, 2.24) is 0 Å². The van der Waals surface area contributed by atoms with Gasteiger partial charge in [0.05, 0.1) is 13.2 Å². The third kappa shape index (κ3) is 39.7. The van der Waals surface area contributed by atoms with E-state index in [1.807, 2.05) is 0 Å². The maximum absolute atomic E-state index is 12.6. The SMILES string of the molecule is CCCCC/C=C/C/C=C/CCCCCCCCCC(=O)O[C@H](COC(=O)CCCCC/C=C/CCCCCCCCCC)COP(=O)(O)OCCN. The van der Waals surface area contributed by atoms with E-state index < -0.39 is 32.5 Å². The number of carbonyl (C=O) groups excluding carboxylic acids is 2. The van der Waals surface area contributed by atoms with Crippen LogP contribution < -0.4 is 5.73 Å². The molecule has 0 amide bonds. The first kappa shape index (κ1) is 51.2. The molecule has 9 nitrogen and oxygen atoms in total. The highest BCUT2D eigenvalue weighted by atomic mass is 31.2. The lowest BCUT2D eigenvalue weighted by atomic mass is 10.1. The highest BCUT2D eigenvalue weighted by Crippen LogP contribution is 2.43. The van der Waals surface area contributed by atoms with Crippen LogP contribution in [-0.4, -0.2) is 49.3 Å². The molecule has 2 atom stereocenters. The molecule has 0 aromatic carbocycles. The second-order valence-electron chi connectivity index (χ2n) is 14.2. The Morgan fingerprint density at radius 2 is 0.981 bits per heavy atom. The Hall–Kier alpha value is -1.77. The van der Waals surface area contributed by atoms with Crippen molar-refractivity contribution >= 4 is 19.8 Å². The Morgan fingerprint density at radius 1 is 0.566 bits per heavy atom. The summed E-state index contributed by atoms with van der Waals surface area (Å²) in [6.07, 6.45) is 43.1. The van der Waals surface area contributed by atoms with Crippen molar-refractivity contribution < 1.29 is 37.6 Å². The van der Waals surface area contributed by atoms with Crippen molar-refractivity contribution in [2.75, 3.05) is 26.4 Å². The minimum absolute atomic E-state index is 0.0498. The molecule has 0 fully saturated rings. The van der Waals surface area contributed by atoms with Crippen molar-refractivity contribution in [1.29, 1.82) is 0 Å². The summed E-state index contributed by atoms with van der Waals surface area (Å²) in [5.74, 6) is -0.854. The van der Waals surface area contributed by atoms with E-state index in [0.29, 0.717) is 12.8 Å². The van der Waals surface area contributed by atoms with Crippen LogP contribution in [0.15, 0.2) is 36.5 Å². The molecule has 0 aromatic heterocycles. The van der Waals surface area contributed by atoms with Crippen LogP contribution in [-0.2, 0) is 32.7 Å². The van der Waals surface area contributed by atoms with Crippen LogP contribution in [0, 0.1) is 0 Å². The van der Waals surface area contributed by atoms with Crippen LogP contribution in [0.2, 0.25) is 0 Å². The molecule has 0 heterocycles. The maximum Gasteiger partial charge on any atom is 0.472 e. The van der Waals surface area contributed by atoms with E-state index in [9.17, 15) is 19.0 Å². The zero-order chi connectivity index (χ0) is 38.9. The predicted octanol–water partition coefficient (Wildman–Crippen LogP) is 12.2. The molecule has 53 heavy (non-hydrogen) atoms. The summed E-state index contributed by atoms with van der Waals surface area (Å²) in [4.78, 5) is 34.8. The second kappa shape index (κ2) is 39.9. The van der Waals surface area contributed by atoms with Gasteiger partial charge in [0.15, 0.2) is 6.10 Å². The first-order chi connectivity index (χ1) is 25.8. The number of nitrogens with two attached hydrogens (primary N) is 1. The monoisotopic (exact) mass is 770 g/mol. The fourth-order valence-electron chi connectivity index (χ4n) is 5.78. The highest BCUT2D eigenvalue weighted by Gasteiger charge is 2.26. The van der Waals surface area contributed by atoms with Gasteiger partial charge in [0.25, 0.3) is 0 Å². The van der Waals surface area contributed by atoms with Gasteiger partial charge in [-0.25, -0.2) is 4.57 Å². The molecule has 0 aliphatic rings. The van der Waals surface area contributed by atoms with E-state index in [2.05, 4.69) is 50.3 Å². The molecule has 10 heteroatoms. The normalized spacial score (nSPS) is 13.7. The van der Waals surface area contributed by atoms with E-state index >= 15 is 0 Å². The summed E-state index contributed by atoms with van der Waals surface area (Å²) < 4.78 is 32.7. The summed E-state index contributed by atoms with van der Waals surface area (Å²) in [5.41, 5.74) is 5.34. The summed E-state index contributed by atoms with van der Waals surface area (Å²) in [7, 11) is -4.38. The van der Waals surface area contributed by atoms with Gasteiger partial charge in [0.2, 0.25) is 0 Å². The van der Waals surface area contributed by atoms with Crippen molar-refractivity contribution in [2.45, 2.75) is 200 Å². The van der Waals surface area contributed by atoms with E-state index in [1.165, 1.54) is 96.3 Å². The van der Waals surface area contributed by atoms with E-state index in [4.69, 9.17) is 24.3 Å². The number of phosphoric acid groups is 1. The summed E-state index contributed by atoms with van der Waals surface area (Å²) in [6.45, 7) is 3.68. The number of phosphoric ester groups is 1. The quantitative estimate of drug-likeness (QED) is 0.0270. The lowest BCUT2D eigenvalue weighted by Gasteiger charge is -2.19. The van der Waals surface area contributed by atoms with Gasteiger partial charge in [0.1, 0.15) is 6.61 Å². The first-order valence-corrected chi connectivity index (χ1v) is 23.0. The topological polar surface area (TPSA) is 134 Å². The molecule has 0 rings (SSSR count). The molecule has 3 N–H and O–H groups in total. The summed E-state index contributed by atoms with van der Waals surface area (Å²) in [5, 5.41) is 0. The van der Waals surface area contributed by atoms with Crippen molar-refractivity contribution in [2.24, 2.45) is 5.73 Å². The van der Waals surface area contributed by atoms with E-state index in [1.54, 1.807) is 0 Å². The number of rotatable bonds is 40. The average molecular weight is 770 g/mol. The van der Waals surface area contributed by atoms with E-state index in [0.717, 1.165) is 57.8 Å². The van der Waals surface area contributed by atoms with Gasteiger partial charge in [-0.15, -0.1) is 0 Å². The van der Waals surface area contributed by atoms with Gasteiger partial charge in [-0.2, -0.15) is 0 Å². The van der Waals surface area contributed by atoms with Crippen LogP contribution in [0.3, 0.4) is 0 Å². The van der Waals surface area contributed by atoms with E-state index in [-0.39, 0.29) is 32.6 Å². The zero-order valence-electron chi connectivity index (χ0n) is 34.0. The van der Waals surface area contributed by atoms with Crippen LogP contribution in [0.1, 0.15) is 194 Å². The molecule has 0 aliphatic heterocycles. The van der Waals surface area contributed by atoms with Crippen molar-refractivity contribution in [3.05, 3.63) is 36.5 Å². The van der Waals surface area contributed by atoms with Crippen LogP contribution in [0.4, 0.5) is 0 Å². The smallest absolute Gasteiger partial charge is 0.462 e. The number of carbonyl (C=O) groups is 2. The Kier molecular flexibility index (Phi) is 38.6. The number of unbranched alkanes of at least 4 members (excludes halogenated alkanes) is 21. The molecule has 0 spiro atoms. The lowest BCUT2D eigenvalue weighted by Crippen LogP contribution is -2.29. The Balaban J connectivity index is 4.19. The third-order valence-corrected chi connectivity index (χ3v) is 9.98. The van der Waals surface area contributed by atoms with Gasteiger partial charge in [-0.1, -0.05) is 147 Å². The number of esters is 2. The Morgan fingerprint density at radius 3 is 1.51 bits per heavy atom. The Bertz CT molecular complexity index is 970. The molecule has 0 aliphatic carbocycles. The number of allylic oxidation sites excluding steroid dienone is 6. The maximum atomic E-state index is 12.6. The zero-order valence-corrected chi connectivity index (χ0v) is 34.9. The first-order valence-electron chi connectivity index (χ1n) is 21.5. The van der Waals surface area contributed by atoms with Gasteiger partial charge < -0.3 is 20.1 Å². The molecular formula is C43H80NO8P. The minimum atomic E-state index is -4.38. The molecule has 0 saturated carbocycles. The molecule has 0 radical (unpaired) electrons. The van der Waals surface area contributed by atoms with Crippen LogP contribution in [0.5, 0.6) is 0 Å². The highest BCUT2D eigenvalue weighted by molar-refractivity contribution is 7.47. The molecule has 0 saturated heterocycles. The molecule has 1 unspecified atom stereocenters. The van der Waals surface area contributed by atoms with Gasteiger partial charge in [-0.3, -0.25) is 18.6 Å². The fraction of sp³-hybridized carbons (Fsp3) is 0.814. The molecule has 0 aromatic rings. The average Bonchev–Trinajstić information content (AvgIpc) is 3.14. The van der Waals surface area contributed by atoms with Crippen LogP contribution >= 0.6 is 7.82 Å². The molecule has 0 bridgehead atoms. The summed E-state index contributed by atoms with van der Waals surface area (Å²) in [6, 6.07) is 0. The molecular weight excluding hydrogens is 689 g/mol. The second-order valence-corrected chi connectivity index (χ2v) is 15.7. The van der Waals surface area contributed by atoms with Gasteiger partial charge >= 0.3 is 19.8 Å². The largest absolute Gasteiger partial charge is 0.472 e. The van der Waals surface area contributed by atoms with Crippen LogP contribution in [0.25, 0.3) is 0 Å². The lowest BCUT2D eigenvalue weighted by molar-refractivity contribution is -0.161. The van der Waals surface area contributed by atoms with Crippen molar-refractivity contribution in [3.8, 4) is 0 Å². The molecule has 310 valence electrons.